The quantitative estimate of drug-likeness (QED) is 0.669. The smallest absolute Gasteiger partial charge is 0.382 e. The highest BCUT2D eigenvalue weighted by molar-refractivity contribution is 6.35. The van der Waals surface area contributed by atoms with Gasteiger partial charge in [0, 0.05) is 26.5 Å². The van der Waals surface area contributed by atoms with Crippen molar-refractivity contribution in [3.8, 4) is 0 Å². The van der Waals surface area contributed by atoms with Gasteiger partial charge in [0.2, 0.25) is 11.8 Å². The van der Waals surface area contributed by atoms with Crippen molar-refractivity contribution in [2.75, 3.05) is 26.9 Å². The van der Waals surface area contributed by atoms with Crippen LogP contribution in [0.4, 0.5) is 4.32 Å². The minimum atomic E-state index is -1.80. The van der Waals surface area contributed by atoms with Crippen molar-refractivity contribution in [2.45, 2.75) is 24.9 Å². The van der Waals surface area contributed by atoms with Crippen molar-refractivity contribution in [3.63, 3.8) is 0 Å². The molecule has 1 aromatic carbocycles. The third kappa shape index (κ3) is 6.45. The van der Waals surface area contributed by atoms with Gasteiger partial charge in [0.1, 0.15) is 5.54 Å². The van der Waals surface area contributed by atoms with Gasteiger partial charge in [-0.25, -0.2) is 0 Å². The van der Waals surface area contributed by atoms with E-state index in [0.717, 1.165) is 5.56 Å². The Morgan fingerprint density at radius 1 is 1.20 bits per heavy atom. The number of amides is 2. The Morgan fingerprint density at radius 2 is 1.84 bits per heavy atom. The number of methoxy groups -OCH3 is 1. The number of nitrogens with one attached hydrogen (secondary N) is 2. The van der Waals surface area contributed by atoms with Crippen LogP contribution < -0.4 is 10.6 Å². The molecule has 0 aromatic heterocycles. The lowest BCUT2D eigenvalue weighted by Gasteiger charge is -2.37. The van der Waals surface area contributed by atoms with Crippen LogP contribution in [0, 0.1) is 0 Å². The van der Waals surface area contributed by atoms with Gasteiger partial charge in [0.25, 0.3) is 0 Å². The summed E-state index contributed by atoms with van der Waals surface area (Å²) in [6.45, 7) is 0.405. The summed E-state index contributed by atoms with van der Waals surface area (Å²) >= 11 is 0. The van der Waals surface area contributed by atoms with Crippen molar-refractivity contribution >= 4 is 19.2 Å². The first-order chi connectivity index (χ1) is 12.0. The van der Waals surface area contributed by atoms with Gasteiger partial charge in [-0.05, 0) is 5.56 Å². The summed E-state index contributed by atoms with van der Waals surface area (Å²) < 4.78 is 27.6. The molecule has 1 heterocycles. The minimum Gasteiger partial charge on any atom is -0.382 e. The van der Waals surface area contributed by atoms with Gasteiger partial charge >= 0.3 is 7.40 Å². The van der Waals surface area contributed by atoms with E-state index in [2.05, 4.69) is 10.6 Å². The predicted molar refractivity (Wildman–Crippen MR) is 89.0 cm³/mol. The van der Waals surface area contributed by atoms with E-state index < -0.39 is 12.9 Å². The molecule has 0 unspecified atom stereocenters. The second kappa shape index (κ2) is 9.50. The molecule has 1 saturated heterocycles. The molecule has 2 N–H and O–H groups in total. The molecular weight excluding hydrogens is 330 g/mol. The van der Waals surface area contributed by atoms with Gasteiger partial charge < -0.3 is 24.7 Å². The number of rotatable bonds is 8. The zero-order chi connectivity index (χ0) is 18.1. The molecule has 1 aromatic rings. The van der Waals surface area contributed by atoms with Crippen molar-refractivity contribution < 1.29 is 28.0 Å². The Bertz CT molecular complexity index is 567. The number of carbonyl (C=O) groups excluding carboxylic acids is 2. The number of halogens is 1. The zero-order valence-corrected chi connectivity index (χ0v) is 14.1. The molecule has 1 aliphatic rings. The lowest BCUT2D eigenvalue weighted by Crippen LogP contribution is -2.62. The van der Waals surface area contributed by atoms with Crippen LogP contribution in [0.2, 0.25) is 0 Å². The van der Waals surface area contributed by atoms with Gasteiger partial charge in [0.15, 0.2) is 0 Å². The Labute approximate surface area is 146 Å². The second-order valence-electron chi connectivity index (χ2n) is 5.92. The number of ether oxygens (including phenoxy) is 1. The third-order valence-corrected chi connectivity index (χ3v) is 3.72. The molecular formula is C16H22BFN2O5. The standard InChI is InChI=1S/C16H22BFN2O5/c1-23-10-16(11-24-17(18)25-12-16)20-15(22)8-7-14(21)19-9-13-5-3-2-4-6-13/h2-6H,7-12H2,1H3,(H,19,21)(H,20,22). The fourth-order valence-electron chi connectivity index (χ4n) is 2.48. The van der Waals surface area contributed by atoms with E-state index in [4.69, 9.17) is 14.0 Å². The van der Waals surface area contributed by atoms with Crippen LogP contribution in [0.15, 0.2) is 30.3 Å². The van der Waals surface area contributed by atoms with E-state index in [1.807, 2.05) is 30.3 Å². The number of hydrogen-bond acceptors (Lipinski definition) is 5. The Balaban J connectivity index is 1.74. The molecule has 9 heteroatoms. The molecule has 0 aliphatic carbocycles. The first-order valence-electron chi connectivity index (χ1n) is 8.01. The van der Waals surface area contributed by atoms with Gasteiger partial charge in [-0.2, -0.15) is 0 Å². The van der Waals surface area contributed by atoms with Crippen LogP contribution in [0.5, 0.6) is 0 Å². The lowest BCUT2D eigenvalue weighted by atomic mass is 9.99. The molecule has 0 saturated carbocycles. The van der Waals surface area contributed by atoms with Crippen molar-refractivity contribution in [2.24, 2.45) is 0 Å². The molecule has 2 rings (SSSR count). The van der Waals surface area contributed by atoms with Crippen molar-refractivity contribution in [1.29, 1.82) is 0 Å². The number of carbonyl (C=O) groups is 2. The monoisotopic (exact) mass is 352 g/mol. The lowest BCUT2D eigenvalue weighted by molar-refractivity contribution is -0.130. The maximum atomic E-state index is 12.9. The van der Waals surface area contributed by atoms with Gasteiger partial charge in [-0.15, -0.1) is 0 Å². The van der Waals surface area contributed by atoms with Crippen LogP contribution in [-0.2, 0) is 30.2 Å². The van der Waals surface area contributed by atoms with E-state index in [9.17, 15) is 13.9 Å². The summed E-state index contributed by atoms with van der Waals surface area (Å²) in [5.41, 5.74) is 0.0335. The van der Waals surface area contributed by atoms with Crippen LogP contribution in [-0.4, -0.2) is 51.7 Å². The largest absolute Gasteiger partial charge is 0.680 e. The van der Waals surface area contributed by atoms with E-state index in [1.165, 1.54) is 7.11 Å². The van der Waals surface area contributed by atoms with E-state index in [-0.39, 0.29) is 44.5 Å². The van der Waals surface area contributed by atoms with E-state index in [1.54, 1.807) is 0 Å². The number of hydrogen-bond donors (Lipinski definition) is 2. The summed E-state index contributed by atoms with van der Waals surface area (Å²) in [6, 6.07) is 9.49. The molecule has 0 bridgehead atoms. The topological polar surface area (TPSA) is 85.9 Å². The van der Waals surface area contributed by atoms with Crippen LogP contribution in [0.1, 0.15) is 18.4 Å². The van der Waals surface area contributed by atoms with Gasteiger partial charge in [-0.3, -0.25) is 13.9 Å². The van der Waals surface area contributed by atoms with Crippen LogP contribution in [0.3, 0.4) is 0 Å². The summed E-state index contributed by atoms with van der Waals surface area (Å²) in [7, 11) is -0.336. The SMILES string of the molecule is COCC1(NC(=O)CCC(=O)NCc2ccccc2)COB(F)OC1. The minimum absolute atomic E-state index is 0.00510. The highest BCUT2D eigenvalue weighted by atomic mass is 19.1. The average Bonchev–Trinajstić information content (AvgIpc) is 2.62. The third-order valence-electron chi connectivity index (χ3n) is 3.72. The normalized spacial score (nSPS) is 16.3. The number of benzene rings is 1. The Hall–Kier alpha value is -1.97. The van der Waals surface area contributed by atoms with Gasteiger partial charge in [0.05, 0.1) is 19.8 Å². The summed E-state index contributed by atoms with van der Waals surface area (Å²) in [5, 5.41) is 5.48. The molecule has 1 fully saturated rings. The second-order valence-corrected chi connectivity index (χ2v) is 5.92. The highest BCUT2D eigenvalue weighted by Crippen LogP contribution is 2.16. The maximum absolute atomic E-state index is 12.9. The Morgan fingerprint density at radius 3 is 2.48 bits per heavy atom. The highest BCUT2D eigenvalue weighted by Gasteiger charge is 2.41. The summed E-state index contributed by atoms with van der Waals surface area (Å²) in [6.07, 6.45) is 0.0559. The Kier molecular flexibility index (Phi) is 7.36. The molecule has 2 amide bonds. The molecule has 136 valence electrons. The first-order valence-corrected chi connectivity index (χ1v) is 8.01. The fourth-order valence-corrected chi connectivity index (χ4v) is 2.48. The molecule has 7 nitrogen and oxygen atoms in total. The van der Waals surface area contributed by atoms with Crippen LogP contribution >= 0.6 is 0 Å². The molecule has 0 atom stereocenters. The van der Waals surface area contributed by atoms with E-state index in [0.29, 0.717) is 6.54 Å². The fraction of sp³-hybridized carbons (Fsp3) is 0.500. The van der Waals surface area contributed by atoms with Crippen molar-refractivity contribution in [1.82, 2.24) is 10.6 Å². The predicted octanol–water partition coefficient (Wildman–Crippen LogP) is 0.586. The average molecular weight is 352 g/mol. The molecule has 25 heavy (non-hydrogen) atoms. The maximum Gasteiger partial charge on any atom is 0.680 e. The summed E-state index contributed by atoms with van der Waals surface area (Å²) in [4.78, 5) is 23.9. The van der Waals surface area contributed by atoms with E-state index >= 15 is 0 Å². The zero-order valence-electron chi connectivity index (χ0n) is 14.1. The molecule has 1 aliphatic heterocycles. The van der Waals surface area contributed by atoms with Gasteiger partial charge in [-0.1, -0.05) is 30.3 Å². The summed E-state index contributed by atoms with van der Waals surface area (Å²) in [5.74, 6) is -0.573. The molecule has 0 spiro atoms. The van der Waals surface area contributed by atoms with Crippen LogP contribution in [0.25, 0.3) is 0 Å². The van der Waals surface area contributed by atoms with Crippen molar-refractivity contribution in [3.05, 3.63) is 35.9 Å². The molecule has 0 radical (unpaired) electrons. The first kappa shape index (κ1) is 19.4.